The van der Waals surface area contributed by atoms with Gasteiger partial charge in [-0.15, -0.1) is 0 Å². The summed E-state index contributed by atoms with van der Waals surface area (Å²) in [6, 6.07) is 0. The van der Waals surface area contributed by atoms with Crippen molar-refractivity contribution in [1.82, 2.24) is 4.98 Å². The first-order valence-electron chi connectivity index (χ1n) is 7.49. The minimum Gasteiger partial charge on any atom is -0.365 e. The predicted molar refractivity (Wildman–Crippen MR) is 82.8 cm³/mol. The van der Waals surface area contributed by atoms with Gasteiger partial charge in [0, 0.05) is 6.92 Å². The first kappa shape index (κ1) is 16.1. The summed E-state index contributed by atoms with van der Waals surface area (Å²) in [6.07, 6.45) is 8.09. The van der Waals surface area contributed by atoms with Crippen molar-refractivity contribution in [2.75, 3.05) is 5.32 Å². The van der Waals surface area contributed by atoms with E-state index >= 15 is 0 Å². The van der Waals surface area contributed by atoms with E-state index in [9.17, 15) is 9.59 Å². The van der Waals surface area contributed by atoms with E-state index < -0.39 is 6.10 Å². The number of carbonyl (C=O) groups is 2. The number of carbonyl (C=O) groups excluding carboxylic acids is 2. The first-order chi connectivity index (χ1) is 10.1. The average Bonchev–Trinajstić information content (AvgIpc) is 2.76. The number of anilines is 1. The van der Waals surface area contributed by atoms with Gasteiger partial charge in [0.15, 0.2) is 10.9 Å². The third-order valence-corrected chi connectivity index (χ3v) is 4.66. The number of nitrogens with zero attached hydrogens (tertiary/aromatic N) is 1. The molecule has 1 amide bonds. The summed E-state index contributed by atoms with van der Waals surface area (Å²) in [7, 11) is 0. The van der Waals surface area contributed by atoms with Crippen LogP contribution in [0.4, 0.5) is 5.13 Å². The molecule has 2 rings (SSSR count). The van der Waals surface area contributed by atoms with Gasteiger partial charge in [0.1, 0.15) is 6.10 Å². The summed E-state index contributed by atoms with van der Waals surface area (Å²) >= 11 is 1.19. The van der Waals surface area contributed by atoms with Crippen LogP contribution in [0, 0.1) is 0 Å². The van der Waals surface area contributed by atoms with E-state index in [-0.39, 0.29) is 17.8 Å². The van der Waals surface area contributed by atoms with Gasteiger partial charge in [-0.1, -0.05) is 37.0 Å². The molecule has 6 heteroatoms. The van der Waals surface area contributed by atoms with Gasteiger partial charge in [-0.3, -0.25) is 14.9 Å². The second-order valence-electron chi connectivity index (χ2n) is 5.47. The second kappa shape index (κ2) is 7.66. The minimum atomic E-state index is -0.502. The molecule has 1 aromatic heterocycles. The molecule has 0 spiro atoms. The molecule has 1 saturated carbocycles. The van der Waals surface area contributed by atoms with Gasteiger partial charge in [-0.2, -0.15) is 0 Å². The molecule has 1 heterocycles. The summed E-state index contributed by atoms with van der Waals surface area (Å²) in [5.74, 6) is -0.251. The SMILES string of the molecule is CC(=O)c1cnc(NC(=O)[C@@H](C)OC2CCCCCC2)s1. The standard InChI is InChI=1S/C15H22N2O3S/c1-10(18)13-9-16-15(21-13)17-14(19)11(2)20-12-7-5-3-4-6-8-12/h9,11-12H,3-8H2,1-2H3,(H,16,17,19)/t11-/m1/s1. The lowest BCUT2D eigenvalue weighted by Crippen LogP contribution is -2.31. The van der Waals surface area contributed by atoms with Gasteiger partial charge in [0.25, 0.3) is 5.91 Å². The highest BCUT2D eigenvalue weighted by atomic mass is 32.1. The van der Waals surface area contributed by atoms with Gasteiger partial charge in [-0.05, 0) is 19.8 Å². The highest BCUT2D eigenvalue weighted by molar-refractivity contribution is 7.17. The molecule has 5 nitrogen and oxygen atoms in total. The Morgan fingerprint density at radius 1 is 1.33 bits per heavy atom. The Hall–Kier alpha value is -1.27. The molecule has 1 N–H and O–H groups in total. The number of hydrogen-bond donors (Lipinski definition) is 1. The molecular weight excluding hydrogens is 288 g/mol. The van der Waals surface area contributed by atoms with E-state index in [4.69, 9.17) is 4.74 Å². The molecule has 116 valence electrons. The molecule has 1 atom stereocenters. The molecule has 0 bridgehead atoms. The number of amides is 1. The zero-order valence-electron chi connectivity index (χ0n) is 12.6. The van der Waals surface area contributed by atoms with E-state index in [1.54, 1.807) is 6.92 Å². The maximum absolute atomic E-state index is 12.1. The van der Waals surface area contributed by atoms with Crippen LogP contribution in [0.5, 0.6) is 0 Å². The van der Waals surface area contributed by atoms with Crippen LogP contribution in [-0.2, 0) is 9.53 Å². The maximum atomic E-state index is 12.1. The fourth-order valence-corrected chi connectivity index (χ4v) is 3.14. The molecule has 21 heavy (non-hydrogen) atoms. The van der Waals surface area contributed by atoms with Gasteiger partial charge in [0.2, 0.25) is 0 Å². The van der Waals surface area contributed by atoms with Crippen molar-refractivity contribution in [3.63, 3.8) is 0 Å². The van der Waals surface area contributed by atoms with Crippen LogP contribution in [0.2, 0.25) is 0 Å². The third kappa shape index (κ3) is 4.89. The Morgan fingerprint density at radius 3 is 2.57 bits per heavy atom. The normalized spacial score (nSPS) is 18.0. The summed E-state index contributed by atoms with van der Waals surface area (Å²) in [5.41, 5.74) is 0. The van der Waals surface area contributed by atoms with Crippen molar-refractivity contribution in [2.45, 2.75) is 64.6 Å². The van der Waals surface area contributed by atoms with Crippen molar-refractivity contribution in [3.05, 3.63) is 11.1 Å². The average molecular weight is 310 g/mol. The Morgan fingerprint density at radius 2 is 2.00 bits per heavy atom. The smallest absolute Gasteiger partial charge is 0.255 e. The van der Waals surface area contributed by atoms with E-state index in [0.29, 0.717) is 10.0 Å². The first-order valence-corrected chi connectivity index (χ1v) is 8.31. The van der Waals surface area contributed by atoms with E-state index in [1.165, 1.54) is 50.1 Å². The lowest BCUT2D eigenvalue weighted by Gasteiger charge is -2.20. The number of ketones is 1. The predicted octanol–water partition coefficient (Wildman–Crippen LogP) is 3.41. The molecule has 0 radical (unpaired) electrons. The highest BCUT2D eigenvalue weighted by Gasteiger charge is 2.21. The summed E-state index contributed by atoms with van der Waals surface area (Å²) in [4.78, 5) is 27.9. The number of nitrogens with one attached hydrogen (secondary N) is 1. The van der Waals surface area contributed by atoms with Crippen LogP contribution < -0.4 is 5.32 Å². The van der Waals surface area contributed by atoms with E-state index in [0.717, 1.165) is 12.8 Å². The molecule has 0 aromatic carbocycles. The summed E-state index contributed by atoms with van der Waals surface area (Å²) in [5, 5.41) is 3.16. The Bertz CT molecular complexity index is 493. The van der Waals surface area contributed by atoms with Crippen molar-refractivity contribution < 1.29 is 14.3 Å². The zero-order chi connectivity index (χ0) is 15.2. The molecular formula is C15H22N2O3S. The molecule has 1 aromatic rings. The number of Topliss-reactive ketones (excluding diaryl/α,β-unsaturated/α-hetero) is 1. The van der Waals surface area contributed by atoms with Crippen LogP contribution in [0.15, 0.2) is 6.20 Å². The topological polar surface area (TPSA) is 68.3 Å². The van der Waals surface area contributed by atoms with Crippen molar-refractivity contribution >= 4 is 28.2 Å². The summed E-state index contributed by atoms with van der Waals surface area (Å²) < 4.78 is 5.86. The fourth-order valence-electron chi connectivity index (χ4n) is 2.43. The van der Waals surface area contributed by atoms with Crippen LogP contribution in [0.25, 0.3) is 0 Å². The molecule has 1 aliphatic rings. The number of hydrogen-bond acceptors (Lipinski definition) is 5. The van der Waals surface area contributed by atoms with Crippen LogP contribution in [0.1, 0.15) is 62.0 Å². The van der Waals surface area contributed by atoms with Crippen molar-refractivity contribution in [1.29, 1.82) is 0 Å². The van der Waals surface area contributed by atoms with Gasteiger partial charge >= 0.3 is 0 Å². The quantitative estimate of drug-likeness (QED) is 0.668. The molecule has 1 aliphatic carbocycles. The lowest BCUT2D eigenvalue weighted by molar-refractivity contribution is -0.130. The zero-order valence-corrected chi connectivity index (χ0v) is 13.4. The summed E-state index contributed by atoms with van der Waals surface area (Å²) in [6.45, 7) is 3.25. The third-order valence-electron chi connectivity index (χ3n) is 3.65. The van der Waals surface area contributed by atoms with Crippen molar-refractivity contribution in [2.24, 2.45) is 0 Å². The Kier molecular flexibility index (Phi) is 5.87. The molecule has 0 aliphatic heterocycles. The molecule has 1 fully saturated rings. The largest absolute Gasteiger partial charge is 0.365 e. The van der Waals surface area contributed by atoms with E-state index in [2.05, 4.69) is 10.3 Å². The number of aromatic nitrogens is 1. The number of thiazole rings is 1. The van der Waals surface area contributed by atoms with Gasteiger partial charge < -0.3 is 4.74 Å². The van der Waals surface area contributed by atoms with Crippen LogP contribution >= 0.6 is 11.3 Å². The van der Waals surface area contributed by atoms with Gasteiger partial charge in [0.05, 0.1) is 17.2 Å². The van der Waals surface area contributed by atoms with Crippen LogP contribution in [-0.4, -0.2) is 28.9 Å². The number of rotatable bonds is 5. The maximum Gasteiger partial charge on any atom is 0.255 e. The Balaban J connectivity index is 1.84. The highest BCUT2D eigenvalue weighted by Crippen LogP contribution is 2.22. The molecule has 0 unspecified atom stereocenters. The van der Waals surface area contributed by atoms with E-state index in [1.807, 2.05) is 0 Å². The number of ether oxygens (including phenoxy) is 1. The monoisotopic (exact) mass is 310 g/mol. The molecule has 0 saturated heterocycles. The lowest BCUT2D eigenvalue weighted by atomic mass is 10.1. The Labute approximate surface area is 129 Å². The second-order valence-corrected chi connectivity index (χ2v) is 6.50. The fraction of sp³-hybridized carbons (Fsp3) is 0.667. The van der Waals surface area contributed by atoms with Crippen molar-refractivity contribution in [3.8, 4) is 0 Å². The minimum absolute atomic E-state index is 0.0456. The van der Waals surface area contributed by atoms with Crippen LogP contribution in [0.3, 0.4) is 0 Å². The van der Waals surface area contributed by atoms with Gasteiger partial charge in [-0.25, -0.2) is 4.98 Å².